The standard InChI is InChI=1S/C16H23BO4/c1-9(2)5-6-11-15(3,21-11)14-13(19-4)12(18)10(17)7-16(14)8-20-16/h5,7,11,13-14H,6,8,17H2,1-4H3/t11-,13-,14-,15?,16+/m1/s1. The number of epoxide rings is 2. The number of hydrogen-bond donors (Lipinski definition) is 0. The second-order valence-electron chi connectivity index (χ2n) is 6.88. The molecule has 0 radical (unpaired) electrons. The van der Waals surface area contributed by atoms with Crippen molar-refractivity contribution < 1.29 is 19.0 Å². The van der Waals surface area contributed by atoms with Crippen LogP contribution in [0.15, 0.2) is 23.2 Å². The Hall–Kier alpha value is -0.905. The van der Waals surface area contributed by atoms with Crippen molar-refractivity contribution in [1.82, 2.24) is 0 Å². The Kier molecular flexibility index (Phi) is 3.43. The van der Waals surface area contributed by atoms with Crippen molar-refractivity contribution >= 4 is 13.6 Å². The van der Waals surface area contributed by atoms with Crippen LogP contribution in [0.25, 0.3) is 0 Å². The molecule has 2 saturated heterocycles. The highest BCUT2D eigenvalue weighted by Crippen LogP contribution is 2.57. The maximum Gasteiger partial charge on any atom is 0.178 e. The van der Waals surface area contributed by atoms with E-state index in [4.69, 9.17) is 14.2 Å². The molecule has 3 aliphatic rings. The summed E-state index contributed by atoms with van der Waals surface area (Å²) in [4.78, 5) is 12.4. The summed E-state index contributed by atoms with van der Waals surface area (Å²) in [5.41, 5.74) is 1.30. The van der Waals surface area contributed by atoms with Crippen LogP contribution in [0.3, 0.4) is 0 Å². The number of Topliss-reactive ketones (excluding diaryl/α,β-unsaturated/α-hetero) is 1. The third-order valence-corrected chi connectivity index (χ3v) is 5.00. The predicted octanol–water partition coefficient (Wildman–Crippen LogP) is 1.00. The Balaban J connectivity index is 1.87. The van der Waals surface area contributed by atoms with E-state index in [9.17, 15) is 4.79 Å². The van der Waals surface area contributed by atoms with Crippen molar-refractivity contribution in [2.24, 2.45) is 5.92 Å². The van der Waals surface area contributed by atoms with Crippen LogP contribution in [-0.4, -0.2) is 50.8 Å². The van der Waals surface area contributed by atoms with Gasteiger partial charge in [0.1, 0.15) is 25.2 Å². The van der Waals surface area contributed by atoms with Gasteiger partial charge in [0.15, 0.2) is 5.78 Å². The largest absolute Gasteiger partial charge is 0.373 e. The van der Waals surface area contributed by atoms with Crippen LogP contribution in [0.4, 0.5) is 0 Å². The molecule has 0 N–H and O–H groups in total. The molecule has 21 heavy (non-hydrogen) atoms. The highest BCUT2D eigenvalue weighted by molar-refractivity contribution is 6.38. The van der Waals surface area contributed by atoms with Gasteiger partial charge in [0, 0.05) is 7.11 Å². The number of methoxy groups -OCH3 is 1. The summed E-state index contributed by atoms with van der Waals surface area (Å²) in [5, 5.41) is 0. The first-order valence-corrected chi connectivity index (χ1v) is 7.55. The molecule has 2 aliphatic heterocycles. The number of ketones is 1. The molecule has 0 bridgehead atoms. The number of ether oxygens (including phenoxy) is 3. The highest BCUT2D eigenvalue weighted by Gasteiger charge is 2.71. The molecule has 0 amide bonds. The Labute approximate surface area is 126 Å². The maximum atomic E-state index is 12.4. The van der Waals surface area contributed by atoms with Crippen LogP contribution in [0.2, 0.25) is 0 Å². The van der Waals surface area contributed by atoms with E-state index < -0.39 is 6.10 Å². The molecule has 0 aromatic heterocycles. The normalized spacial score (nSPS) is 44.5. The molecule has 3 rings (SSSR count). The molecule has 0 aromatic rings. The van der Waals surface area contributed by atoms with Gasteiger partial charge in [0.05, 0.1) is 18.6 Å². The van der Waals surface area contributed by atoms with Gasteiger partial charge in [-0.1, -0.05) is 17.7 Å². The van der Waals surface area contributed by atoms with E-state index in [0.29, 0.717) is 6.61 Å². The predicted molar refractivity (Wildman–Crippen MR) is 81.9 cm³/mol. The van der Waals surface area contributed by atoms with Crippen molar-refractivity contribution in [3.63, 3.8) is 0 Å². The molecule has 1 unspecified atom stereocenters. The van der Waals surface area contributed by atoms with Crippen LogP contribution in [0, 0.1) is 5.92 Å². The van der Waals surface area contributed by atoms with E-state index in [2.05, 4.69) is 26.8 Å². The van der Waals surface area contributed by atoms with Gasteiger partial charge in [0.25, 0.3) is 0 Å². The summed E-state index contributed by atoms with van der Waals surface area (Å²) in [6.45, 7) is 6.90. The lowest BCUT2D eigenvalue weighted by Crippen LogP contribution is -2.52. The lowest BCUT2D eigenvalue weighted by molar-refractivity contribution is -0.132. The first-order chi connectivity index (χ1) is 9.84. The van der Waals surface area contributed by atoms with Gasteiger partial charge in [-0.15, -0.1) is 0 Å². The van der Waals surface area contributed by atoms with E-state index in [0.717, 1.165) is 11.9 Å². The molecule has 114 valence electrons. The Morgan fingerprint density at radius 3 is 2.76 bits per heavy atom. The average Bonchev–Trinajstić information content (AvgIpc) is 3.31. The maximum absolute atomic E-state index is 12.4. The minimum absolute atomic E-state index is 0.0568. The summed E-state index contributed by atoms with van der Waals surface area (Å²) in [7, 11) is 3.44. The number of hydrogen-bond acceptors (Lipinski definition) is 4. The number of carbonyl (C=O) groups excluding carboxylic acids is 1. The lowest BCUT2D eigenvalue weighted by Gasteiger charge is -2.36. The number of rotatable bonds is 4. The van der Waals surface area contributed by atoms with Gasteiger partial charge in [-0.25, -0.2) is 0 Å². The van der Waals surface area contributed by atoms with Crippen LogP contribution in [0.5, 0.6) is 0 Å². The van der Waals surface area contributed by atoms with Crippen molar-refractivity contribution in [3.05, 3.63) is 23.2 Å². The Morgan fingerprint density at radius 1 is 1.57 bits per heavy atom. The molecule has 1 aliphatic carbocycles. The Morgan fingerprint density at radius 2 is 2.24 bits per heavy atom. The summed E-state index contributed by atoms with van der Waals surface area (Å²) in [5.74, 6) is -0.0110. The lowest BCUT2D eigenvalue weighted by atomic mass is 9.66. The van der Waals surface area contributed by atoms with Crippen molar-refractivity contribution in [2.75, 3.05) is 13.7 Å². The van der Waals surface area contributed by atoms with Crippen molar-refractivity contribution in [1.29, 1.82) is 0 Å². The van der Waals surface area contributed by atoms with E-state index in [1.54, 1.807) is 7.11 Å². The quantitative estimate of drug-likeness (QED) is 0.440. The van der Waals surface area contributed by atoms with Crippen LogP contribution < -0.4 is 0 Å². The second-order valence-corrected chi connectivity index (χ2v) is 6.88. The van der Waals surface area contributed by atoms with Crippen molar-refractivity contribution in [3.8, 4) is 0 Å². The van der Waals surface area contributed by atoms with E-state index in [1.165, 1.54) is 5.57 Å². The van der Waals surface area contributed by atoms with Gasteiger partial charge in [-0.3, -0.25) is 4.79 Å². The summed E-state index contributed by atoms with van der Waals surface area (Å²) < 4.78 is 17.3. The molecule has 4 nitrogen and oxygen atoms in total. The zero-order valence-electron chi connectivity index (χ0n) is 13.4. The molecular weight excluding hydrogens is 267 g/mol. The van der Waals surface area contributed by atoms with Gasteiger partial charge >= 0.3 is 0 Å². The first-order valence-electron chi connectivity index (χ1n) is 7.55. The molecule has 5 atom stereocenters. The molecule has 0 saturated carbocycles. The topological polar surface area (TPSA) is 51.4 Å². The molecule has 5 heteroatoms. The van der Waals surface area contributed by atoms with E-state index in [-0.39, 0.29) is 29.0 Å². The van der Waals surface area contributed by atoms with Crippen LogP contribution in [0.1, 0.15) is 27.2 Å². The van der Waals surface area contributed by atoms with Crippen molar-refractivity contribution in [2.45, 2.75) is 50.6 Å². The van der Waals surface area contributed by atoms with Gasteiger partial charge in [0.2, 0.25) is 0 Å². The zero-order chi connectivity index (χ0) is 15.4. The van der Waals surface area contributed by atoms with Gasteiger partial charge in [-0.05, 0) is 32.7 Å². The minimum atomic E-state index is -0.473. The summed E-state index contributed by atoms with van der Waals surface area (Å²) in [6, 6.07) is 0. The minimum Gasteiger partial charge on any atom is -0.373 e. The smallest absolute Gasteiger partial charge is 0.178 e. The third-order valence-electron chi connectivity index (χ3n) is 5.00. The average molecular weight is 290 g/mol. The van der Waals surface area contributed by atoms with Crippen LogP contribution in [-0.2, 0) is 19.0 Å². The monoisotopic (exact) mass is 290 g/mol. The molecule has 2 heterocycles. The summed E-state index contributed by atoms with van der Waals surface area (Å²) >= 11 is 0. The zero-order valence-corrected chi connectivity index (χ0v) is 13.4. The van der Waals surface area contributed by atoms with E-state index >= 15 is 0 Å². The number of allylic oxidation sites excluding steroid dienone is 1. The summed E-state index contributed by atoms with van der Waals surface area (Å²) in [6.07, 6.45) is 4.69. The fourth-order valence-corrected chi connectivity index (χ4v) is 3.71. The fourth-order valence-electron chi connectivity index (χ4n) is 3.71. The van der Waals surface area contributed by atoms with Crippen LogP contribution >= 0.6 is 0 Å². The highest BCUT2D eigenvalue weighted by atomic mass is 16.6. The molecule has 2 fully saturated rings. The Bertz CT molecular complexity index is 530. The third kappa shape index (κ3) is 2.32. The molecule has 1 spiro atoms. The van der Waals surface area contributed by atoms with Gasteiger partial charge in [-0.2, -0.15) is 0 Å². The van der Waals surface area contributed by atoms with E-state index in [1.807, 2.05) is 13.9 Å². The van der Waals surface area contributed by atoms with Gasteiger partial charge < -0.3 is 14.2 Å². The molecule has 0 aromatic carbocycles. The first kappa shape index (κ1) is 15.0. The second kappa shape index (κ2) is 4.80. The SMILES string of the molecule is BC1=C[C@]2(CO2)[C@@H](C2(C)O[C@@H]2CC=C(C)C)[C@H](OC)C1=O. The fraction of sp³-hybridized carbons (Fsp3) is 0.688. The molecular formula is C16H23BO4. The number of carbonyl (C=O) groups is 1.